The van der Waals surface area contributed by atoms with Gasteiger partial charge in [0.05, 0.1) is 25.6 Å². The van der Waals surface area contributed by atoms with Crippen LogP contribution in [0.5, 0.6) is 0 Å². The zero-order valence-electron chi connectivity index (χ0n) is 13.1. The molecule has 1 fully saturated rings. The number of carbonyl (C=O) groups excluding carboxylic acids is 1. The van der Waals surface area contributed by atoms with Gasteiger partial charge in [-0.15, -0.1) is 0 Å². The average Bonchev–Trinajstić information content (AvgIpc) is 2.53. The second kappa shape index (κ2) is 6.30. The molecule has 1 heterocycles. The van der Waals surface area contributed by atoms with Gasteiger partial charge in [-0.25, -0.2) is 4.79 Å². The van der Waals surface area contributed by atoms with Crippen molar-refractivity contribution in [3.05, 3.63) is 0 Å². The van der Waals surface area contributed by atoms with E-state index in [1.807, 2.05) is 0 Å². The third-order valence-corrected chi connectivity index (χ3v) is 3.66. The first-order valence-corrected chi connectivity index (χ1v) is 10.0. The smallest absolute Gasteiger partial charge is 0.410 e. The van der Waals surface area contributed by atoms with E-state index in [2.05, 4.69) is 0 Å². The number of carbonyl (C=O) groups is 1. The summed E-state index contributed by atoms with van der Waals surface area (Å²) in [4.78, 5) is 13.1. The van der Waals surface area contributed by atoms with Crippen LogP contribution in [0.1, 0.15) is 20.8 Å². The standard InChI is InChI=1S/C11H21NO8S2/c1-11(2,3)18-10(13)12-6-8(19-21(4,14)15)9(7-12)20-22(5,16)17/h8-9H,6-7H2,1-5H3/t8-,9+. The van der Waals surface area contributed by atoms with Crippen molar-refractivity contribution >= 4 is 26.3 Å². The zero-order valence-corrected chi connectivity index (χ0v) is 14.7. The van der Waals surface area contributed by atoms with Crippen molar-refractivity contribution in [3.8, 4) is 0 Å². The first kappa shape index (κ1) is 19.1. The van der Waals surface area contributed by atoms with Crippen LogP contribution >= 0.6 is 0 Å². The summed E-state index contributed by atoms with van der Waals surface area (Å²) in [5, 5.41) is 0. The van der Waals surface area contributed by atoms with Crippen molar-refractivity contribution in [2.75, 3.05) is 25.6 Å². The molecule has 0 aromatic rings. The normalized spacial score (nSPS) is 23.6. The average molecular weight is 359 g/mol. The second-order valence-corrected chi connectivity index (χ2v) is 9.26. The van der Waals surface area contributed by atoms with Crippen LogP contribution in [0.15, 0.2) is 0 Å². The molecule has 0 aliphatic carbocycles. The van der Waals surface area contributed by atoms with Crippen molar-refractivity contribution in [1.82, 2.24) is 4.90 Å². The molecule has 0 aromatic carbocycles. The van der Waals surface area contributed by atoms with Crippen LogP contribution in [0.3, 0.4) is 0 Å². The van der Waals surface area contributed by atoms with E-state index in [9.17, 15) is 21.6 Å². The van der Waals surface area contributed by atoms with Crippen molar-refractivity contribution in [3.63, 3.8) is 0 Å². The fraction of sp³-hybridized carbons (Fsp3) is 0.909. The molecule has 1 amide bonds. The zero-order chi connectivity index (χ0) is 17.3. The SMILES string of the molecule is CC(C)(C)OC(=O)N1C[C@H](OS(C)(=O)=O)[C@H](OS(C)(=O)=O)C1. The van der Waals surface area contributed by atoms with Crippen LogP contribution in [0.4, 0.5) is 4.79 Å². The molecule has 2 atom stereocenters. The van der Waals surface area contributed by atoms with Gasteiger partial charge in [-0.2, -0.15) is 16.8 Å². The summed E-state index contributed by atoms with van der Waals surface area (Å²) in [6.07, 6.45) is -1.26. The van der Waals surface area contributed by atoms with Gasteiger partial charge in [0.25, 0.3) is 20.2 Å². The van der Waals surface area contributed by atoms with Crippen molar-refractivity contribution < 1.29 is 34.7 Å². The van der Waals surface area contributed by atoms with Gasteiger partial charge in [-0.1, -0.05) is 0 Å². The van der Waals surface area contributed by atoms with Crippen molar-refractivity contribution in [2.45, 2.75) is 38.6 Å². The number of rotatable bonds is 4. The Bertz CT molecular complexity index is 577. The van der Waals surface area contributed by atoms with E-state index in [1.54, 1.807) is 20.8 Å². The summed E-state index contributed by atoms with van der Waals surface area (Å²) >= 11 is 0. The maximum Gasteiger partial charge on any atom is 0.410 e. The number of nitrogens with zero attached hydrogens (tertiary/aromatic N) is 1. The Morgan fingerprint density at radius 2 is 1.32 bits per heavy atom. The molecule has 9 nitrogen and oxygen atoms in total. The van der Waals surface area contributed by atoms with Crippen LogP contribution in [0.2, 0.25) is 0 Å². The number of hydrogen-bond acceptors (Lipinski definition) is 8. The Morgan fingerprint density at radius 3 is 1.59 bits per heavy atom. The lowest BCUT2D eigenvalue weighted by Gasteiger charge is -2.24. The first-order chi connectivity index (χ1) is 9.66. The second-order valence-electron chi connectivity index (χ2n) is 6.06. The Morgan fingerprint density at radius 1 is 0.955 bits per heavy atom. The Kier molecular flexibility index (Phi) is 5.48. The molecule has 11 heteroatoms. The highest BCUT2D eigenvalue weighted by atomic mass is 32.2. The molecule has 0 spiro atoms. The maximum atomic E-state index is 12.0. The molecular weight excluding hydrogens is 338 g/mol. The molecule has 0 N–H and O–H groups in total. The molecule has 130 valence electrons. The first-order valence-electron chi connectivity index (χ1n) is 6.41. The summed E-state index contributed by atoms with van der Waals surface area (Å²) in [6.45, 7) is 4.73. The van der Waals surface area contributed by atoms with E-state index in [-0.39, 0.29) is 13.1 Å². The van der Waals surface area contributed by atoms with Crippen molar-refractivity contribution in [1.29, 1.82) is 0 Å². The van der Waals surface area contributed by atoms with E-state index in [4.69, 9.17) is 13.1 Å². The minimum atomic E-state index is -3.83. The van der Waals surface area contributed by atoms with Crippen molar-refractivity contribution in [2.24, 2.45) is 0 Å². The van der Waals surface area contributed by atoms with Crippen LogP contribution in [0, 0.1) is 0 Å². The van der Waals surface area contributed by atoms with Crippen LogP contribution in [0.25, 0.3) is 0 Å². The molecule has 0 unspecified atom stereocenters. The lowest BCUT2D eigenvalue weighted by molar-refractivity contribution is 0.0271. The molecule has 0 saturated carbocycles. The van der Waals surface area contributed by atoms with E-state index in [1.165, 1.54) is 0 Å². The van der Waals surface area contributed by atoms with Gasteiger partial charge in [0, 0.05) is 0 Å². The molecular formula is C11H21NO8S2. The molecule has 22 heavy (non-hydrogen) atoms. The van der Waals surface area contributed by atoms with Gasteiger partial charge in [0.1, 0.15) is 17.8 Å². The fourth-order valence-corrected chi connectivity index (χ4v) is 3.12. The summed E-state index contributed by atoms with van der Waals surface area (Å²) in [5.74, 6) is 0. The maximum absolute atomic E-state index is 12.0. The number of ether oxygens (including phenoxy) is 1. The third-order valence-electron chi connectivity index (χ3n) is 2.46. The fourth-order valence-electron chi connectivity index (χ4n) is 1.85. The highest BCUT2D eigenvalue weighted by Crippen LogP contribution is 2.22. The number of likely N-dealkylation sites (tertiary alicyclic amines) is 1. The summed E-state index contributed by atoms with van der Waals surface area (Å²) < 4.78 is 59.7. The molecule has 0 radical (unpaired) electrons. The summed E-state index contributed by atoms with van der Waals surface area (Å²) in [6, 6.07) is 0. The van der Waals surface area contributed by atoms with Gasteiger partial charge in [-0.3, -0.25) is 8.37 Å². The van der Waals surface area contributed by atoms with Crippen LogP contribution in [-0.4, -0.2) is 71.2 Å². The largest absolute Gasteiger partial charge is 0.444 e. The van der Waals surface area contributed by atoms with E-state index in [0.29, 0.717) is 0 Å². The Balaban J connectivity index is 2.88. The van der Waals surface area contributed by atoms with Gasteiger partial charge < -0.3 is 9.64 Å². The Hall–Kier alpha value is -0.910. The molecule has 0 bridgehead atoms. The molecule has 0 aromatic heterocycles. The third kappa shape index (κ3) is 6.90. The predicted molar refractivity (Wildman–Crippen MR) is 77.2 cm³/mol. The van der Waals surface area contributed by atoms with Gasteiger partial charge in [-0.05, 0) is 20.8 Å². The molecule has 1 aliphatic heterocycles. The van der Waals surface area contributed by atoms with Gasteiger partial charge in [0.2, 0.25) is 0 Å². The number of hydrogen-bond donors (Lipinski definition) is 0. The molecule has 1 aliphatic rings. The Labute approximate surface area is 130 Å². The van der Waals surface area contributed by atoms with E-state index in [0.717, 1.165) is 17.4 Å². The minimum absolute atomic E-state index is 0.151. The molecule has 1 saturated heterocycles. The lowest BCUT2D eigenvalue weighted by atomic mass is 10.2. The predicted octanol–water partition coefficient (Wildman–Crippen LogP) is -0.0733. The monoisotopic (exact) mass is 359 g/mol. The summed E-state index contributed by atoms with van der Waals surface area (Å²) in [5.41, 5.74) is -0.736. The highest BCUT2D eigenvalue weighted by Gasteiger charge is 2.42. The van der Waals surface area contributed by atoms with Crippen LogP contribution in [-0.2, 0) is 33.3 Å². The highest BCUT2D eigenvalue weighted by molar-refractivity contribution is 7.86. The number of amides is 1. The van der Waals surface area contributed by atoms with Crippen LogP contribution < -0.4 is 0 Å². The van der Waals surface area contributed by atoms with Gasteiger partial charge in [0.15, 0.2) is 0 Å². The summed E-state index contributed by atoms with van der Waals surface area (Å²) in [7, 11) is -7.67. The molecule has 1 rings (SSSR count). The topological polar surface area (TPSA) is 116 Å². The van der Waals surface area contributed by atoms with E-state index < -0.39 is 44.1 Å². The quantitative estimate of drug-likeness (QED) is 0.640. The lowest BCUT2D eigenvalue weighted by Crippen LogP contribution is -2.36. The van der Waals surface area contributed by atoms with Gasteiger partial charge >= 0.3 is 6.09 Å². The minimum Gasteiger partial charge on any atom is -0.444 e. The van der Waals surface area contributed by atoms with E-state index >= 15 is 0 Å².